The normalized spacial score (nSPS) is 10.4. The predicted molar refractivity (Wildman–Crippen MR) is 84.7 cm³/mol. The van der Waals surface area contributed by atoms with Crippen molar-refractivity contribution in [2.75, 3.05) is 5.32 Å². The van der Waals surface area contributed by atoms with Crippen molar-refractivity contribution in [3.8, 4) is 0 Å². The zero-order valence-electron chi connectivity index (χ0n) is 11.6. The SMILES string of the molecule is NC(=O)c1cccc(C(=O)Nc2cnc3ccccc3c2)c1. The molecule has 1 heterocycles. The van der Waals surface area contributed by atoms with Gasteiger partial charge in [-0.15, -0.1) is 0 Å². The molecule has 0 fully saturated rings. The number of primary amides is 1. The number of nitrogens with zero attached hydrogens (tertiary/aromatic N) is 1. The van der Waals surface area contributed by atoms with Crippen molar-refractivity contribution in [2.45, 2.75) is 0 Å². The maximum Gasteiger partial charge on any atom is 0.255 e. The van der Waals surface area contributed by atoms with Gasteiger partial charge in [-0.3, -0.25) is 14.6 Å². The van der Waals surface area contributed by atoms with E-state index >= 15 is 0 Å². The van der Waals surface area contributed by atoms with Gasteiger partial charge in [0.05, 0.1) is 17.4 Å². The number of hydrogen-bond acceptors (Lipinski definition) is 3. The van der Waals surface area contributed by atoms with Gasteiger partial charge in [0.2, 0.25) is 5.91 Å². The predicted octanol–water partition coefficient (Wildman–Crippen LogP) is 2.59. The first-order valence-corrected chi connectivity index (χ1v) is 6.69. The highest BCUT2D eigenvalue weighted by Gasteiger charge is 2.09. The summed E-state index contributed by atoms with van der Waals surface area (Å²) in [5.74, 6) is -0.887. The van der Waals surface area contributed by atoms with Crippen LogP contribution >= 0.6 is 0 Å². The van der Waals surface area contributed by atoms with E-state index in [1.54, 1.807) is 24.4 Å². The van der Waals surface area contributed by atoms with Gasteiger partial charge in [-0.2, -0.15) is 0 Å². The van der Waals surface area contributed by atoms with E-state index in [1.165, 1.54) is 6.07 Å². The first-order valence-electron chi connectivity index (χ1n) is 6.69. The topological polar surface area (TPSA) is 85.1 Å². The molecule has 5 nitrogen and oxygen atoms in total. The summed E-state index contributed by atoms with van der Waals surface area (Å²) in [5.41, 5.74) is 7.33. The number of hydrogen-bond donors (Lipinski definition) is 2. The number of carbonyl (C=O) groups is 2. The van der Waals surface area contributed by atoms with Crippen LogP contribution in [-0.2, 0) is 0 Å². The maximum atomic E-state index is 12.2. The van der Waals surface area contributed by atoms with Gasteiger partial charge < -0.3 is 11.1 Å². The number of aromatic nitrogens is 1. The van der Waals surface area contributed by atoms with Crippen LogP contribution in [0.25, 0.3) is 10.9 Å². The third-order valence-electron chi connectivity index (χ3n) is 3.26. The summed E-state index contributed by atoms with van der Waals surface area (Å²) >= 11 is 0. The van der Waals surface area contributed by atoms with Crippen LogP contribution in [0.15, 0.2) is 60.8 Å². The number of benzene rings is 2. The summed E-state index contributed by atoms with van der Waals surface area (Å²) in [6, 6.07) is 15.8. The molecule has 0 spiro atoms. The van der Waals surface area contributed by atoms with Gasteiger partial charge in [0.25, 0.3) is 5.91 Å². The summed E-state index contributed by atoms with van der Waals surface area (Å²) in [7, 11) is 0. The lowest BCUT2D eigenvalue weighted by molar-refractivity contribution is 0.1000. The smallest absolute Gasteiger partial charge is 0.255 e. The Morgan fingerprint density at radius 3 is 2.55 bits per heavy atom. The van der Waals surface area contributed by atoms with Crippen LogP contribution in [0.3, 0.4) is 0 Å². The Hall–Kier alpha value is -3.21. The molecule has 3 rings (SSSR count). The number of nitrogens with two attached hydrogens (primary N) is 1. The summed E-state index contributed by atoms with van der Waals surface area (Å²) in [6.07, 6.45) is 1.60. The third kappa shape index (κ3) is 2.78. The molecule has 0 unspecified atom stereocenters. The second-order valence-electron chi connectivity index (χ2n) is 4.82. The Labute approximate surface area is 126 Å². The van der Waals surface area contributed by atoms with Gasteiger partial charge in [-0.05, 0) is 30.3 Å². The van der Waals surface area contributed by atoms with Crippen molar-refractivity contribution in [3.05, 3.63) is 71.9 Å². The van der Waals surface area contributed by atoms with Gasteiger partial charge >= 0.3 is 0 Å². The quantitative estimate of drug-likeness (QED) is 0.777. The van der Waals surface area contributed by atoms with E-state index in [-0.39, 0.29) is 5.91 Å². The highest BCUT2D eigenvalue weighted by atomic mass is 16.2. The second kappa shape index (κ2) is 5.65. The number of rotatable bonds is 3. The average Bonchev–Trinajstić information content (AvgIpc) is 2.55. The molecule has 0 saturated heterocycles. The van der Waals surface area contributed by atoms with E-state index in [4.69, 9.17) is 5.73 Å². The van der Waals surface area contributed by atoms with Crippen LogP contribution in [0.2, 0.25) is 0 Å². The summed E-state index contributed by atoms with van der Waals surface area (Å²) in [5, 5.41) is 3.70. The van der Waals surface area contributed by atoms with Crippen molar-refractivity contribution in [1.82, 2.24) is 4.98 Å². The van der Waals surface area contributed by atoms with Crippen LogP contribution in [0, 0.1) is 0 Å². The minimum atomic E-state index is -0.568. The summed E-state index contributed by atoms with van der Waals surface area (Å²) < 4.78 is 0. The minimum absolute atomic E-state index is 0.296. The Bertz CT molecular complexity index is 874. The Morgan fingerprint density at radius 2 is 1.73 bits per heavy atom. The molecule has 0 saturated carbocycles. The molecule has 2 aromatic carbocycles. The molecule has 5 heteroatoms. The molecular formula is C17H13N3O2. The molecule has 3 aromatic rings. The van der Waals surface area contributed by atoms with E-state index in [0.717, 1.165) is 10.9 Å². The lowest BCUT2D eigenvalue weighted by Crippen LogP contribution is -2.15. The van der Waals surface area contributed by atoms with Crippen LogP contribution in [-0.4, -0.2) is 16.8 Å². The number of para-hydroxylation sites is 1. The first kappa shape index (κ1) is 13.8. The second-order valence-corrected chi connectivity index (χ2v) is 4.82. The number of carbonyl (C=O) groups excluding carboxylic acids is 2. The first-order chi connectivity index (χ1) is 10.6. The van der Waals surface area contributed by atoms with Crippen LogP contribution < -0.4 is 11.1 Å². The van der Waals surface area contributed by atoms with Crippen molar-refractivity contribution >= 4 is 28.4 Å². The van der Waals surface area contributed by atoms with Gasteiger partial charge in [0, 0.05) is 16.5 Å². The fourth-order valence-corrected chi connectivity index (χ4v) is 2.16. The Morgan fingerprint density at radius 1 is 0.955 bits per heavy atom. The van der Waals surface area contributed by atoms with Gasteiger partial charge in [0.1, 0.15) is 0 Å². The molecular weight excluding hydrogens is 278 g/mol. The highest BCUT2D eigenvalue weighted by molar-refractivity contribution is 6.06. The van der Waals surface area contributed by atoms with E-state index < -0.39 is 5.91 Å². The molecule has 22 heavy (non-hydrogen) atoms. The van der Waals surface area contributed by atoms with Crippen LogP contribution in [0.5, 0.6) is 0 Å². The van der Waals surface area contributed by atoms with Crippen LogP contribution in [0.1, 0.15) is 20.7 Å². The zero-order chi connectivity index (χ0) is 15.5. The highest BCUT2D eigenvalue weighted by Crippen LogP contribution is 2.17. The fourth-order valence-electron chi connectivity index (χ4n) is 2.16. The van der Waals surface area contributed by atoms with Gasteiger partial charge in [-0.1, -0.05) is 24.3 Å². The number of pyridine rings is 1. The lowest BCUT2D eigenvalue weighted by atomic mass is 10.1. The summed E-state index contributed by atoms with van der Waals surface area (Å²) in [6.45, 7) is 0. The van der Waals surface area contributed by atoms with Crippen molar-refractivity contribution in [2.24, 2.45) is 5.73 Å². The Balaban J connectivity index is 1.86. The van der Waals surface area contributed by atoms with Crippen molar-refractivity contribution in [3.63, 3.8) is 0 Å². The van der Waals surface area contributed by atoms with Crippen molar-refractivity contribution in [1.29, 1.82) is 0 Å². The fraction of sp³-hybridized carbons (Fsp3) is 0. The molecule has 2 amide bonds. The van der Waals surface area contributed by atoms with Crippen molar-refractivity contribution < 1.29 is 9.59 Å². The standard InChI is InChI=1S/C17H13N3O2/c18-16(21)12-5-3-6-13(8-12)17(22)20-14-9-11-4-1-2-7-15(11)19-10-14/h1-10H,(H2,18,21)(H,20,22). The zero-order valence-corrected chi connectivity index (χ0v) is 11.6. The minimum Gasteiger partial charge on any atom is -0.366 e. The molecule has 3 N–H and O–H groups in total. The number of amides is 2. The monoisotopic (exact) mass is 291 g/mol. The summed E-state index contributed by atoms with van der Waals surface area (Å²) in [4.78, 5) is 27.7. The molecule has 1 aromatic heterocycles. The largest absolute Gasteiger partial charge is 0.366 e. The molecule has 0 aliphatic rings. The molecule has 0 radical (unpaired) electrons. The molecule has 0 atom stereocenters. The molecule has 0 bridgehead atoms. The number of fused-ring (bicyclic) bond motifs is 1. The van der Waals surface area contributed by atoms with E-state index in [9.17, 15) is 9.59 Å². The van der Waals surface area contributed by atoms with Gasteiger partial charge in [0.15, 0.2) is 0 Å². The van der Waals surface area contributed by atoms with Crippen LogP contribution in [0.4, 0.5) is 5.69 Å². The molecule has 0 aliphatic heterocycles. The lowest BCUT2D eigenvalue weighted by Gasteiger charge is -2.07. The van der Waals surface area contributed by atoms with E-state index in [1.807, 2.05) is 30.3 Å². The maximum absolute atomic E-state index is 12.2. The number of nitrogens with one attached hydrogen (secondary N) is 1. The molecule has 108 valence electrons. The van der Waals surface area contributed by atoms with Gasteiger partial charge in [-0.25, -0.2) is 0 Å². The van der Waals surface area contributed by atoms with E-state index in [0.29, 0.717) is 16.8 Å². The van der Waals surface area contributed by atoms with E-state index in [2.05, 4.69) is 10.3 Å². The Kier molecular flexibility index (Phi) is 3.53. The molecule has 0 aliphatic carbocycles. The number of anilines is 1. The third-order valence-corrected chi connectivity index (χ3v) is 3.26. The average molecular weight is 291 g/mol.